The Morgan fingerprint density at radius 3 is 2.80 bits per heavy atom. The molecule has 0 spiro atoms. The molecule has 2 N–H and O–H groups in total. The maximum atomic E-state index is 5.87. The lowest BCUT2D eigenvalue weighted by molar-refractivity contribution is 0.123. The average molecular weight is 207 g/mol. The number of hydrogen-bond acceptors (Lipinski definition) is 3. The van der Waals surface area contributed by atoms with Crippen LogP contribution in [0, 0.1) is 0 Å². The molecule has 0 bridgehead atoms. The number of rotatable bonds is 4. The largest absolute Gasteiger partial charge is 0.490 e. The molecule has 0 unspecified atom stereocenters. The van der Waals surface area contributed by atoms with Crippen molar-refractivity contribution in [2.24, 2.45) is 5.90 Å². The molecule has 1 aromatic carbocycles. The minimum Gasteiger partial charge on any atom is -0.490 e. The Kier molecular flexibility index (Phi) is 3.59. The van der Waals surface area contributed by atoms with E-state index in [0.29, 0.717) is 12.7 Å². The standard InChI is InChI=1S/C12H17NO2/c13-14-9-10-4-3-7-12(8-10)15-11-5-1-2-6-11/h3-4,7-8,11H,1-2,5-6,9,13H2. The Bertz CT molecular complexity index is 308. The zero-order chi connectivity index (χ0) is 10.5. The molecule has 1 fully saturated rings. The summed E-state index contributed by atoms with van der Waals surface area (Å²) in [5, 5.41) is 0. The first kappa shape index (κ1) is 10.5. The molecule has 1 aliphatic carbocycles. The zero-order valence-electron chi connectivity index (χ0n) is 8.82. The molecular formula is C12H17NO2. The Morgan fingerprint density at radius 1 is 1.27 bits per heavy atom. The van der Waals surface area contributed by atoms with Gasteiger partial charge in [0.1, 0.15) is 5.75 Å². The molecule has 0 aromatic heterocycles. The van der Waals surface area contributed by atoms with Crippen LogP contribution in [0.5, 0.6) is 5.75 Å². The normalized spacial score (nSPS) is 16.9. The predicted octanol–water partition coefficient (Wildman–Crippen LogP) is 2.40. The van der Waals surface area contributed by atoms with E-state index in [4.69, 9.17) is 10.6 Å². The van der Waals surface area contributed by atoms with Gasteiger partial charge < -0.3 is 4.74 Å². The van der Waals surface area contributed by atoms with Gasteiger partial charge in [-0.3, -0.25) is 4.84 Å². The van der Waals surface area contributed by atoms with E-state index in [1.54, 1.807) is 0 Å². The van der Waals surface area contributed by atoms with Crippen LogP contribution in [0.4, 0.5) is 0 Å². The lowest BCUT2D eigenvalue weighted by atomic mass is 10.2. The Labute approximate surface area is 90.1 Å². The molecule has 0 aliphatic heterocycles. The molecule has 1 saturated carbocycles. The molecule has 15 heavy (non-hydrogen) atoms. The van der Waals surface area contributed by atoms with Crippen LogP contribution >= 0.6 is 0 Å². The van der Waals surface area contributed by atoms with Crippen molar-refractivity contribution >= 4 is 0 Å². The summed E-state index contributed by atoms with van der Waals surface area (Å²) in [6.45, 7) is 0.432. The molecule has 1 aromatic rings. The van der Waals surface area contributed by atoms with E-state index in [9.17, 15) is 0 Å². The molecule has 82 valence electrons. The average Bonchev–Trinajstić information content (AvgIpc) is 2.71. The molecule has 2 rings (SSSR count). The van der Waals surface area contributed by atoms with Crippen LogP contribution in [-0.2, 0) is 11.4 Å². The van der Waals surface area contributed by atoms with Crippen molar-refractivity contribution in [2.45, 2.75) is 38.4 Å². The Balaban J connectivity index is 1.97. The number of ether oxygens (including phenoxy) is 1. The fourth-order valence-corrected chi connectivity index (χ4v) is 2.00. The Hall–Kier alpha value is -1.06. The number of hydrogen-bond donors (Lipinski definition) is 1. The fraction of sp³-hybridized carbons (Fsp3) is 0.500. The van der Waals surface area contributed by atoms with Crippen LogP contribution in [0.25, 0.3) is 0 Å². The molecule has 3 nitrogen and oxygen atoms in total. The van der Waals surface area contributed by atoms with Crippen LogP contribution in [0.1, 0.15) is 31.2 Å². The number of nitrogens with two attached hydrogens (primary N) is 1. The van der Waals surface area contributed by atoms with E-state index >= 15 is 0 Å². The summed E-state index contributed by atoms with van der Waals surface area (Å²) in [7, 11) is 0. The van der Waals surface area contributed by atoms with Gasteiger partial charge in [0.15, 0.2) is 0 Å². The highest BCUT2D eigenvalue weighted by Gasteiger charge is 2.16. The van der Waals surface area contributed by atoms with Crippen LogP contribution in [0.2, 0.25) is 0 Å². The third-order valence-corrected chi connectivity index (χ3v) is 2.75. The second-order valence-corrected chi connectivity index (χ2v) is 3.98. The van der Waals surface area contributed by atoms with Crippen LogP contribution < -0.4 is 10.6 Å². The molecule has 0 atom stereocenters. The first-order valence-corrected chi connectivity index (χ1v) is 5.46. The van der Waals surface area contributed by atoms with Crippen molar-refractivity contribution in [1.82, 2.24) is 0 Å². The van der Waals surface area contributed by atoms with Crippen LogP contribution in [-0.4, -0.2) is 6.10 Å². The first-order chi connectivity index (χ1) is 7.38. The van der Waals surface area contributed by atoms with Gasteiger partial charge in [-0.25, -0.2) is 5.90 Å². The summed E-state index contributed by atoms with van der Waals surface area (Å²) in [6, 6.07) is 7.93. The van der Waals surface area contributed by atoms with Gasteiger partial charge in [0.05, 0.1) is 12.7 Å². The van der Waals surface area contributed by atoms with Crippen molar-refractivity contribution in [3.8, 4) is 5.75 Å². The third-order valence-electron chi connectivity index (χ3n) is 2.75. The lowest BCUT2D eigenvalue weighted by Crippen LogP contribution is -2.11. The van der Waals surface area contributed by atoms with Crippen LogP contribution in [0.15, 0.2) is 24.3 Å². The maximum absolute atomic E-state index is 5.87. The SMILES string of the molecule is NOCc1cccc(OC2CCCC2)c1. The minimum absolute atomic E-state index is 0.402. The maximum Gasteiger partial charge on any atom is 0.120 e. The molecule has 0 radical (unpaired) electrons. The number of benzene rings is 1. The lowest BCUT2D eigenvalue weighted by Gasteiger charge is -2.13. The highest BCUT2D eigenvalue weighted by Crippen LogP contribution is 2.24. The highest BCUT2D eigenvalue weighted by molar-refractivity contribution is 5.28. The van der Waals surface area contributed by atoms with Gasteiger partial charge in [-0.15, -0.1) is 0 Å². The van der Waals surface area contributed by atoms with Gasteiger partial charge in [-0.2, -0.15) is 0 Å². The van der Waals surface area contributed by atoms with Gasteiger partial charge in [-0.1, -0.05) is 12.1 Å². The fourth-order valence-electron chi connectivity index (χ4n) is 2.00. The summed E-state index contributed by atoms with van der Waals surface area (Å²) in [6.07, 6.45) is 5.33. The molecule has 0 saturated heterocycles. The van der Waals surface area contributed by atoms with Gasteiger partial charge >= 0.3 is 0 Å². The molecule has 1 aliphatic rings. The summed E-state index contributed by atoms with van der Waals surface area (Å²) in [5.74, 6) is 5.96. The van der Waals surface area contributed by atoms with E-state index in [0.717, 1.165) is 11.3 Å². The van der Waals surface area contributed by atoms with Crippen molar-refractivity contribution in [3.63, 3.8) is 0 Å². The van der Waals surface area contributed by atoms with E-state index < -0.39 is 0 Å². The van der Waals surface area contributed by atoms with Crippen molar-refractivity contribution < 1.29 is 9.57 Å². The van der Waals surface area contributed by atoms with E-state index in [-0.39, 0.29) is 0 Å². The highest BCUT2D eigenvalue weighted by atomic mass is 16.6. The molecule has 0 heterocycles. The summed E-state index contributed by atoms with van der Waals surface area (Å²) in [4.78, 5) is 4.60. The zero-order valence-corrected chi connectivity index (χ0v) is 8.82. The van der Waals surface area contributed by atoms with E-state index in [2.05, 4.69) is 4.84 Å². The second-order valence-electron chi connectivity index (χ2n) is 3.98. The third kappa shape index (κ3) is 2.94. The first-order valence-electron chi connectivity index (χ1n) is 5.46. The van der Waals surface area contributed by atoms with Crippen molar-refractivity contribution in [2.75, 3.05) is 0 Å². The van der Waals surface area contributed by atoms with Gasteiger partial charge in [0, 0.05) is 0 Å². The molecular weight excluding hydrogens is 190 g/mol. The minimum atomic E-state index is 0.402. The predicted molar refractivity (Wildman–Crippen MR) is 58.3 cm³/mol. The Morgan fingerprint density at radius 2 is 2.07 bits per heavy atom. The van der Waals surface area contributed by atoms with Gasteiger partial charge in [0.2, 0.25) is 0 Å². The molecule has 0 amide bonds. The smallest absolute Gasteiger partial charge is 0.120 e. The molecule has 3 heteroatoms. The summed E-state index contributed by atoms with van der Waals surface area (Å²) in [5.41, 5.74) is 1.05. The summed E-state index contributed by atoms with van der Waals surface area (Å²) >= 11 is 0. The monoisotopic (exact) mass is 207 g/mol. The van der Waals surface area contributed by atoms with E-state index in [1.807, 2.05) is 24.3 Å². The topological polar surface area (TPSA) is 44.5 Å². The van der Waals surface area contributed by atoms with Gasteiger partial charge in [-0.05, 0) is 43.4 Å². The van der Waals surface area contributed by atoms with E-state index in [1.165, 1.54) is 25.7 Å². The van der Waals surface area contributed by atoms with Crippen LogP contribution in [0.3, 0.4) is 0 Å². The summed E-state index contributed by atoms with van der Waals surface area (Å²) < 4.78 is 5.87. The van der Waals surface area contributed by atoms with Crippen molar-refractivity contribution in [1.29, 1.82) is 0 Å². The van der Waals surface area contributed by atoms with Crippen molar-refractivity contribution in [3.05, 3.63) is 29.8 Å². The van der Waals surface area contributed by atoms with Gasteiger partial charge in [0.25, 0.3) is 0 Å². The second kappa shape index (κ2) is 5.14. The quantitative estimate of drug-likeness (QED) is 0.771.